The number of aliphatic imine (C=N–C) groups is 1. The van der Waals surface area contributed by atoms with Crippen molar-refractivity contribution in [1.82, 2.24) is 9.88 Å². The van der Waals surface area contributed by atoms with Gasteiger partial charge in [-0.3, -0.25) is 9.98 Å². The van der Waals surface area contributed by atoms with Gasteiger partial charge in [-0.15, -0.1) is 0 Å². The van der Waals surface area contributed by atoms with E-state index in [1.165, 1.54) is 0 Å². The molecule has 1 aromatic carbocycles. The Kier molecular flexibility index (Phi) is 4.29. The summed E-state index contributed by atoms with van der Waals surface area (Å²) in [5, 5.41) is 1.64. The van der Waals surface area contributed by atoms with Crippen LogP contribution in [0.1, 0.15) is 30.3 Å². The third kappa shape index (κ3) is 2.84. The third-order valence-electron chi connectivity index (χ3n) is 4.64. The molecule has 25 heavy (non-hydrogen) atoms. The second-order valence-electron chi connectivity index (χ2n) is 6.24. The van der Waals surface area contributed by atoms with Gasteiger partial charge in [0.05, 0.1) is 26.0 Å². The lowest BCUT2D eigenvalue weighted by Gasteiger charge is -2.28. The maximum atomic E-state index is 5.67. The fourth-order valence-corrected chi connectivity index (χ4v) is 4.61. The Labute approximate surface area is 152 Å². The van der Waals surface area contributed by atoms with Crippen LogP contribution in [-0.2, 0) is 0 Å². The van der Waals surface area contributed by atoms with Gasteiger partial charge in [-0.05, 0) is 24.3 Å². The minimum Gasteiger partial charge on any atom is -0.497 e. The normalized spacial score (nSPS) is 24.8. The van der Waals surface area contributed by atoms with Crippen molar-refractivity contribution in [3.63, 3.8) is 0 Å². The number of ether oxygens (including phenoxy) is 2. The summed E-state index contributed by atoms with van der Waals surface area (Å²) in [5.74, 6) is 1.62. The minimum absolute atomic E-state index is 0.0292. The molecule has 5 nitrogen and oxygen atoms in total. The maximum Gasteiger partial charge on any atom is 0.160 e. The fraction of sp³-hybridized carbons (Fsp3) is 0.368. The molecule has 0 unspecified atom stereocenters. The molecule has 4 rings (SSSR count). The van der Waals surface area contributed by atoms with E-state index in [-0.39, 0.29) is 12.1 Å². The molecule has 0 N–H and O–H groups in total. The van der Waals surface area contributed by atoms with E-state index < -0.39 is 0 Å². The Morgan fingerprint density at radius 2 is 2.04 bits per heavy atom. The lowest BCUT2D eigenvalue weighted by atomic mass is 9.95. The summed E-state index contributed by atoms with van der Waals surface area (Å²) in [6, 6.07) is 12.1. The zero-order valence-electron chi connectivity index (χ0n) is 14.5. The van der Waals surface area contributed by atoms with E-state index in [1.54, 1.807) is 14.2 Å². The Bertz CT molecular complexity index is 797. The van der Waals surface area contributed by atoms with Crippen molar-refractivity contribution in [3.05, 3.63) is 53.9 Å². The summed E-state index contributed by atoms with van der Waals surface area (Å²) in [4.78, 5) is 12.0. The molecule has 2 aromatic rings. The standard InChI is InChI=1S/C19H21N3O2S/c1-12-11-22-18(14-8-7-13(23-2)10-16(14)24-3)17(21-19(22)25-12)15-6-4-5-9-20-15/h4-10,12,17-18H,11H2,1-3H3/t12-,17+,18-/m0/s1. The molecule has 0 aliphatic carbocycles. The number of fused-ring (bicyclic) bond motifs is 1. The number of hydrogen-bond acceptors (Lipinski definition) is 6. The Balaban J connectivity index is 1.80. The van der Waals surface area contributed by atoms with Gasteiger partial charge < -0.3 is 14.4 Å². The van der Waals surface area contributed by atoms with Crippen molar-refractivity contribution in [3.8, 4) is 11.5 Å². The average Bonchev–Trinajstić information content (AvgIpc) is 3.17. The van der Waals surface area contributed by atoms with Crippen LogP contribution in [0, 0.1) is 0 Å². The number of pyridine rings is 1. The SMILES string of the molecule is COc1ccc([C@H]2[C@@H](c3ccccn3)N=C3S[C@@H](C)CN32)c(OC)c1. The van der Waals surface area contributed by atoms with E-state index in [1.807, 2.05) is 48.3 Å². The molecular formula is C19H21N3O2S. The molecule has 2 aliphatic rings. The van der Waals surface area contributed by atoms with Crippen molar-refractivity contribution in [2.75, 3.05) is 20.8 Å². The summed E-state index contributed by atoms with van der Waals surface area (Å²) >= 11 is 1.84. The summed E-state index contributed by atoms with van der Waals surface area (Å²) in [7, 11) is 3.37. The molecule has 1 saturated heterocycles. The first-order chi connectivity index (χ1) is 12.2. The van der Waals surface area contributed by atoms with Gasteiger partial charge in [0.2, 0.25) is 0 Å². The lowest BCUT2D eigenvalue weighted by Crippen LogP contribution is -2.28. The van der Waals surface area contributed by atoms with Crippen LogP contribution in [0.4, 0.5) is 0 Å². The predicted molar refractivity (Wildman–Crippen MR) is 100 cm³/mol. The van der Waals surface area contributed by atoms with Crippen LogP contribution in [0.5, 0.6) is 11.5 Å². The highest BCUT2D eigenvalue weighted by Crippen LogP contribution is 2.49. The van der Waals surface area contributed by atoms with Crippen LogP contribution in [0.2, 0.25) is 0 Å². The zero-order chi connectivity index (χ0) is 17.4. The second kappa shape index (κ2) is 6.59. The van der Waals surface area contributed by atoms with Gasteiger partial charge in [-0.2, -0.15) is 0 Å². The smallest absolute Gasteiger partial charge is 0.160 e. The molecule has 130 valence electrons. The zero-order valence-corrected chi connectivity index (χ0v) is 15.4. The number of benzene rings is 1. The molecule has 0 saturated carbocycles. The van der Waals surface area contributed by atoms with E-state index >= 15 is 0 Å². The highest BCUT2D eigenvalue weighted by Gasteiger charge is 2.44. The van der Waals surface area contributed by atoms with Crippen LogP contribution in [-0.4, -0.2) is 41.1 Å². The summed E-state index contributed by atoms with van der Waals surface area (Å²) in [6.07, 6.45) is 1.83. The van der Waals surface area contributed by atoms with Gasteiger partial charge in [-0.25, -0.2) is 0 Å². The number of thioether (sulfide) groups is 1. The Hall–Kier alpha value is -2.21. The highest BCUT2D eigenvalue weighted by molar-refractivity contribution is 8.14. The number of aromatic nitrogens is 1. The maximum absolute atomic E-state index is 5.67. The molecule has 1 fully saturated rings. The van der Waals surface area contributed by atoms with Crippen LogP contribution in [0.3, 0.4) is 0 Å². The van der Waals surface area contributed by atoms with Crippen molar-refractivity contribution in [2.24, 2.45) is 4.99 Å². The van der Waals surface area contributed by atoms with Crippen molar-refractivity contribution in [2.45, 2.75) is 24.3 Å². The monoisotopic (exact) mass is 355 g/mol. The topological polar surface area (TPSA) is 47.0 Å². The van der Waals surface area contributed by atoms with E-state index in [0.717, 1.165) is 34.5 Å². The number of hydrogen-bond donors (Lipinski definition) is 0. The Morgan fingerprint density at radius 3 is 2.76 bits per heavy atom. The Morgan fingerprint density at radius 1 is 1.16 bits per heavy atom. The minimum atomic E-state index is -0.0292. The van der Waals surface area contributed by atoms with Crippen LogP contribution in [0.15, 0.2) is 47.6 Å². The molecule has 6 heteroatoms. The van der Waals surface area contributed by atoms with Gasteiger partial charge in [0.15, 0.2) is 5.17 Å². The number of rotatable bonds is 4. The second-order valence-corrected chi connectivity index (χ2v) is 7.65. The fourth-order valence-electron chi connectivity index (χ4n) is 3.52. The molecule has 0 spiro atoms. The van der Waals surface area contributed by atoms with Gasteiger partial charge >= 0.3 is 0 Å². The molecule has 0 amide bonds. The molecule has 1 aromatic heterocycles. The van der Waals surface area contributed by atoms with Gasteiger partial charge in [0.25, 0.3) is 0 Å². The van der Waals surface area contributed by atoms with E-state index in [9.17, 15) is 0 Å². The number of nitrogens with zero attached hydrogens (tertiary/aromatic N) is 3. The van der Waals surface area contributed by atoms with Crippen LogP contribution < -0.4 is 9.47 Å². The van der Waals surface area contributed by atoms with Crippen molar-refractivity contribution in [1.29, 1.82) is 0 Å². The predicted octanol–water partition coefficient (Wildman–Crippen LogP) is 3.69. The van der Waals surface area contributed by atoms with E-state index in [2.05, 4.69) is 22.9 Å². The van der Waals surface area contributed by atoms with Crippen LogP contribution >= 0.6 is 11.8 Å². The van der Waals surface area contributed by atoms with Crippen molar-refractivity contribution >= 4 is 16.9 Å². The lowest BCUT2D eigenvalue weighted by molar-refractivity contribution is 0.306. The van der Waals surface area contributed by atoms with E-state index in [4.69, 9.17) is 14.5 Å². The first kappa shape index (κ1) is 16.3. The summed E-state index contributed by atoms with van der Waals surface area (Å²) in [5.41, 5.74) is 2.10. The largest absolute Gasteiger partial charge is 0.497 e. The van der Waals surface area contributed by atoms with Gasteiger partial charge in [-0.1, -0.05) is 24.8 Å². The van der Waals surface area contributed by atoms with Crippen LogP contribution in [0.25, 0.3) is 0 Å². The van der Waals surface area contributed by atoms with Crippen molar-refractivity contribution < 1.29 is 9.47 Å². The van der Waals surface area contributed by atoms with Gasteiger partial charge in [0.1, 0.15) is 17.5 Å². The molecule has 2 aliphatic heterocycles. The first-order valence-corrected chi connectivity index (χ1v) is 9.23. The molecule has 3 heterocycles. The van der Waals surface area contributed by atoms with Gasteiger partial charge in [0, 0.05) is 29.6 Å². The third-order valence-corrected chi connectivity index (χ3v) is 5.74. The summed E-state index contributed by atoms with van der Waals surface area (Å²) < 4.78 is 11.0. The summed E-state index contributed by atoms with van der Waals surface area (Å²) in [6.45, 7) is 3.22. The highest BCUT2D eigenvalue weighted by atomic mass is 32.2. The first-order valence-electron chi connectivity index (χ1n) is 8.35. The quantitative estimate of drug-likeness (QED) is 0.837. The average molecular weight is 355 g/mol. The molecule has 0 bridgehead atoms. The molecular weight excluding hydrogens is 334 g/mol. The molecule has 0 radical (unpaired) electrons. The van der Waals surface area contributed by atoms with E-state index in [0.29, 0.717) is 5.25 Å². The molecule has 3 atom stereocenters. The number of methoxy groups -OCH3 is 2. The number of amidine groups is 1.